The second-order valence-electron chi connectivity index (χ2n) is 8.39. The fourth-order valence-corrected chi connectivity index (χ4v) is 5.40. The molecule has 1 saturated carbocycles. The maximum atomic E-state index is 13.7. The van der Waals surface area contributed by atoms with Crippen molar-refractivity contribution in [2.75, 3.05) is 32.7 Å². The van der Waals surface area contributed by atoms with Gasteiger partial charge in [-0.05, 0) is 31.5 Å². The summed E-state index contributed by atoms with van der Waals surface area (Å²) >= 11 is 12.6. The molecule has 1 aromatic rings. The topological polar surface area (TPSA) is 43.9 Å². The Balaban J connectivity index is 1.74. The Morgan fingerprint density at radius 1 is 0.933 bits per heavy atom. The largest absolute Gasteiger partial charge is 0.364 e. The first-order chi connectivity index (χ1) is 14.5. The number of carbonyl (C=O) groups is 2. The van der Waals surface area contributed by atoms with Crippen molar-refractivity contribution in [2.24, 2.45) is 0 Å². The summed E-state index contributed by atoms with van der Waals surface area (Å²) in [5.74, 6) is -0.359. The number of hydrogen-bond donors (Lipinski definition) is 0. The van der Waals surface area contributed by atoms with Crippen molar-refractivity contribution in [3.63, 3.8) is 0 Å². The van der Waals surface area contributed by atoms with Crippen LogP contribution in [0.3, 0.4) is 0 Å². The van der Waals surface area contributed by atoms with E-state index in [1.54, 1.807) is 18.2 Å². The highest BCUT2D eigenvalue weighted by Gasteiger charge is 2.45. The van der Waals surface area contributed by atoms with Gasteiger partial charge in [0.2, 0.25) is 0 Å². The van der Waals surface area contributed by atoms with E-state index in [-0.39, 0.29) is 17.9 Å². The molecule has 0 atom stereocenters. The van der Waals surface area contributed by atoms with Crippen LogP contribution in [-0.4, -0.2) is 65.3 Å². The van der Waals surface area contributed by atoms with Gasteiger partial charge >= 0.3 is 0 Å². The average molecular weight is 450 g/mol. The number of nitrogens with zero attached hydrogens (tertiary/aromatic N) is 3. The minimum atomic E-state index is -0.205. The summed E-state index contributed by atoms with van der Waals surface area (Å²) in [4.78, 5) is 33.3. The first-order valence-corrected chi connectivity index (χ1v) is 11.8. The van der Waals surface area contributed by atoms with Crippen LogP contribution in [0.15, 0.2) is 23.9 Å². The smallest absolute Gasteiger partial charge is 0.278 e. The molecule has 7 heteroatoms. The van der Waals surface area contributed by atoms with Gasteiger partial charge in [-0.3, -0.25) is 14.5 Å². The number of hydrogen-bond acceptors (Lipinski definition) is 4. The van der Waals surface area contributed by atoms with Crippen molar-refractivity contribution in [1.82, 2.24) is 14.7 Å². The van der Waals surface area contributed by atoms with Crippen molar-refractivity contribution in [3.05, 3.63) is 39.5 Å². The van der Waals surface area contributed by atoms with Crippen LogP contribution in [-0.2, 0) is 9.59 Å². The van der Waals surface area contributed by atoms with E-state index in [2.05, 4.69) is 16.7 Å². The van der Waals surface area contributed by atoms with Crippen LogP contribution in [0.2, 0.25) is 10.0 Å². The lowest BCUT2D eigenvalue weighted by Gasteiger charge is -2.36. The van der Waals surface area contributed by atoms with Gasteiger partial charge in [0.25, 0.3) is 11.8 Å². The summed E-state index contributed by atoms with van der Waals surface area (Å²) in [6, 6.07) is 5.12. The molecular formula is C23H29Cl2N3O2. The SMILES string of the molecule is CCN1CCN(C2=C(c3ccc(Cl)cc3Cl)C(=O)N(C3CCCCCC3)C2=O)CC1. The molecule has 3 aliphatic rings. The number of rotatable bonds is 4. The zero-order chi connectivity index (χ0) is 21.3. The molecule has 0 bridgehead atoms. The van der Waals surface area contributed by atoms with Crippen LogP contribution in [0, 0.1) is 0 Å². The van der Waals surface area contributed by atoms with E-state index < -0.39 is 0 Å². The monoisotopic (exact) mass is 449 g/mol. The van der Waals surface area contributed by atoms with Gasteiger partial charge in [-0.25, -0.2) is 0 Å². The highest BCUT2D eigenvalue weighted by Crippen LogP contribution is 2.39. The van der Waals surface area contributed by atoms with E-state index in [4.69, 9.17) is 23.2 Å². The third-order valence-corrected chi connectivity index (χ3v) is 7.16. The van der Waals surface area contributed by atoms with Crippen molar-refractivity contribution in [3.8, 4) is 0 Å². The van der Waals surface area contributed by atoms with Crippen molar-refractivity contribution in [2.45, 2.75) is 51.5 Å². The number of likely N-dealkylation sites (N-methyl/N-ethyl adjacent to an activating group) is 1. The molecule has 0 radical (unpaired) electrons. The number of halogens is 2. The van der Waals surface area contributed by atoms with Gasteiger partial charge in [0.15, 0.2) is 0 Å². The molecular weight excluding hydrogens is 421 g/mol. The summed E-state index contributed by atoms with van der Waals surface area (Å²) in [6.07, 6.45) is 6.22. The quantitative estimate of drug-likeness (QED) is 0.503. The maximum absolute atomic E-state index is 13.7. The average Bonchev–Trinajstić information content (AvgIpc) is 2.91. The first kappa shape index (κ1) is 21.7. The molecule has 1 aliphatic carbocycles. The fourth-order valence-electron chi connectivity index (χ4n) is 4.90. The molecule has 2 amide bonds. The van der Waals surface area contributed by atoms with Crippen molar-refractivity contribution >= 4 is 40.6 Å². The molecule has 0 aromatic heterocycles. The Morgan fingerprint density at radius 3 is 2.20 bits per heavy atom. The lowest BCUT2D eigenvalue weighted by atomic mass is 10.0. The van der Waals surface area contributed by atoms with Crippen LogP contribution >= 0.6 is 23.2 Å². The van der Waals surface area contributed by atoms with Gasteiger partial charge in [-0.1, -0.05) is 61.9 Å². The standard InChI is InChI=1S/C23H29Cl2N3O2/c1-2-26-11-13-27(14-12-26)21-20(18-10-9-16(24)15-19(18)25)22(29)28(23(21)30)17-7-5-3-4-6-8-17/h9-10,15,17H,2-8,11-14H2,1H3. The number of carbonyl (C=O) groups excluding carboxylic acids is 2. The molecule has 1 saturated heterocycles. The highest BCUT2D eigenvalue weighted by molar-refractivity contribution is 6.41. The van der Waals surface area contributed by atoms with E-state index in [0.717, 1.165) is 58.4 Å². The molecule has 0 unspecified atom stereocenters. The second kappa shape index (κ2) is 9.29. The van der Waals surface area contributed by atoms with Crippen LogP contribution in [0.5, 0.6) is 0 Å². The molecule has 2 aliphatic heterocycles. The lowest BCUT2D eigenvalue weighted by Crippen LogP contribution is -2.48. The van der Waals surface area contributed by atoms with Crippen molar-refractivity contribution in [1.29, 1.82) is 0 Å². The summed E-state index contributed by atoms with van der Waals surface area (Å²) in [7, 11) is 0. The summed E-state index contributed by atoms with van der Waals surface area (Å²) in [6.45, 7) is 6.36. The summed E-state index contributed by atoms with van der Waals surface area (Å²) in [5, 5.41) is 0.922. The zero-order valence-corrected chi connectivity index (χ0v) is 19.0. The molecule has 162 valence electrons. The number of imide groups is 1. The minimum Gasteiger partial charge on any atom is -0.364 e. The predicted octanol–water partition coefficient (Wildman–Crippen LogP) is 4.43. The van der Waals surface area contributed by atoms with E-state index in [1.165, 1.54) is 17.7 Å². The van der Waals surface area contributed by atoms with Crippen LogP contribution in [0.4, 0.5) is 0 Å². The highest BCUT2D eigenvalue weighted by atomic mass is 35.5. The van der Waals surface area contributed by atoms with Crippen molar-refractivity contribution < 1.29 is 9.59 Å². The van der Waals surface area contributed by atoms with Crippen LogP contribution in [0.25, 0.3) is 5.57 Å². The number of amides is 2. The van der Waals surface area contributed by atoms with Crippen LogP contribution in [0.1, 0.15) is 51.0 Å². The maximum Gasteiger partial charge on any atom is 0.278 e. The number of benzene rings is 1. The van der Waals surface area contributed by atoms with Gasteiger partial charge in [0.1, 0.15) is 5.70 Å². The minimum absolute atomic E-state index is 0.0250. The Morgan fingerprint density at radius 2 is 1.60 bits per heavy atom. The predicted molar refractivity (Wildman–Crippen MR) is 120 cm³/mol. The lowest BCUT2D eigenvalue weighted by molar-refractivity contribution is -0.140. The Labute approximate surface area is 188 Å². The van der Waals surface area contributed by atoms with Gasteiger partial charge in [-0.2, -0.15) is 0 Å². The Hall–Kier alpha value is -1.56. The second-order valence-corrected chi connectivity index (χ2v) is 9.24. The third kappa shape index (κ3) is 4.12. The van der Waals surface area contributed by atoms with E-state index >= 15 is 0 Å². The van der Waals surface area contributed by atoms with Gasteiger partial charge < -0.3 is 9.80 Å². The Kier molecular flexibility index (Phi) is 6.71. The van der Waals surface area contributed by atoms with E-state index in [1.807, 2.05) is 0 Å². The van der Waals surface area contributed by atoms with E-state index in [0.29, 0.717) is 26.9 Å². The molecule has 2 heterocycles. The fraction of sp³-hybridized carbons (Fsp3) is 0.565. The third-order valence-electron chi connectivity index (χ3n) is 6.62. The normalized spacial score (nSPS) is 22.2. The zero-order valence-electron chi connectivity index (χ0n) is 17.5. The first-order valence-electron chi connectivity index (χ1n) is 11.1. The summed E-state index contributed by atoms with van der Waals surface area (Å²) < 4.78 is 0. The molecule has 1 aromatic carbocycles. The number of piperazine rings is 1. The summed E-state index contributed by atoms with van der Waals surface area (Å²) in [5.41, 5.74) is 1.56. The van der Waals surface area contributed by atoms with Gasteiger partial charge in [0, 0.05) is 42.8 Å². The van der Waals surface area contributed by atoms with Gasteiger partial charge in [-0.15, -0.1) is 0 Å². The Bertz CT molecular complexity index is 854. The van der Waals surface area contributed by atoms with E-state index in [9.17, 15) is 9.59 Å². The molecule has 0 spiro atoms. The molecule has 2 fully saturated rings. The van der Waals surface area contributed by atoms with Crippen LogP contribution < -0.4 is 0 Å². The van der Waals surface area contributed by atoms with Gasteiger partial charge in [0.05, 0.1) is 10.6 Å². The molecule has 30 heavy (non-hydrogen) atoms. The molecule has 5 nitrogen and oxygen atoms in total. The molecule has 4 rings (SSSR count). The molecule has 0 N–H and O–H groups in total.